The highest BCUT2D eigenvalue weighted by Gasteiger charge is 2.27. The Labute approximate surface area is 221 Å². The Balaban J connectivity index is 1.99. The molecule has 0 saturated heterocycles. The maximum Gasteiger partial charge on any atom is 0.341 e. The fraction of sp³-hybridized carbons (Fsp3) is 0.208. The summed E-state index contributed by atoms with van der Waals surface area (Å²) >= 11 is 13.1. The third-order valence-electron chi connectivity index (χ3n) is 5.07. The van der Waals surface area contributed by atoms with Crippen LogP contribution in [-0.2, 0) is 4.74 Å². The molecular weight excluding hydrogens is 531 g/mol. The van der Waals surface area contributed by atoms with Crippen molar-refractivity contribution in [3.8, 4) is 17.2 Å². The van der Waals surface area contributed by atoms with Crippen molar-refractivity contribution >= 4 is 63.0 Å². The molecule has 3 rings (SSSR count). The Hall–Kier alpha value is -3.47. The molecule has 190 valence electrons. The molecule has 0 spiro atoms. The van der Waals surface area contributed by atoms with Gasteiger partial charge >= 0.3 is 5.97 Å². The number of hydrogen-bond donors (Lipinski definition) is 2. The molecule has 0 aliphatic carbocycles. The number of ether oxygens (including phenoxy) is 4. The second-order valence-electron chi connectivity index (χ2n) is 7.20. The van der Waals surface area contributed by atoms with Crippen LogP contribution >= 0.6 is 34.5 Å². The van der Waals surface area contributed by atoms with E-state index in [-0.39, 0.29) is 37.5 Å². The lowest BCUT2D eigenvalue weighted by Gasteiger charge is -2.14. The minimum atomic E-state index is -0.719. The minimum Gasteiger partial charge on any atom is -0.493 e. The number of carbonyl (C=O) groups is 3. The van der Waals surface area contributed by atoms with Gasteiger partial charge in [-0.25, -0.2) is 4.79 Å². The topological polar surface area (TPSA) is 112 Å². The highest BCUT2D eigenvalue weighted by Crippen LogP contribution is 2.39. The van der Waals surface area contributed by atoms with Crippen LogP contribution in [0.4, 0.5) is 10.7 Å². The van der Waals surface area contributed by atoms with Gasteiger partial charge in [0, 0.05) is 10.6 Å². The van der Waals surface area contributed by atoms with Crippen LogP contribution in [0.5, 0.6) is 17.2 Å². The van der Waals surface area contributed by atoms with E-state index >= 15 is 0 Å². The molecule has 2 aromatic carbocycles. The number of hydrogen-bond acceptors (Lipinski definition) is 8. The van der Waals surface area contributed by atoms with E-state index in [4.69, 9.17) is 42.1 Å². The van der Waals surface area contributed by atoms with E-state index in [1.807, 2.05) is 0 Å². The molecule has 0 aliphatic rings. The van der Waals surface area contributed by atoms with Crippen LogP contribution in [0.3, 0.4) is 0 Å². The summed E-state index contributed by atoms with van der Waals surface area (Å²) in [5.41, 5.74) is 0.834. The van der Waals surface area contributed by atoms with Crippen molar-refractivity contribution in [1.29, 1.82) is 0 Å². The fourth-order valence-electron chi connectivity index (χ4n) is 3.33. The Morgan fingerprint density at radius 2 is 1.50 bits per heavy atom. The van der Waals surface area contributed by atoms with Crippen LogP contribution in [0.2, 0.25) is 10.0 Å². The summed E-state index contributed by atoms with van der Waals surface area (Å²) in [6, 6.07) is 7.55. The number of carbonyl (C=O) groups excluding carboxylic acids is 3. The SMILES string of the molecule is COC(=O)c1c(NC(=O)c2cc(OC)c(OC)c(OC)c2)sc(C(=O)Nc2cc(Cl)ccc2Cl)c1C. The minimum absolute atomic E-state index is 0.0469. The first-order valence-corrected chi connectivity index (χ1v) is 11.8. The molecule has 3 aromatic rings. The van der Waals surface area contributed by atoms with Crippen molar-refractivity contribution in [3.05, 3.63) is 61.9 Å². The number of thiophene rings is 1. The van der Waals surface area contributed by atoms with Gasteiger partial charge in [-0.15, -0.1) is 11.3 Å². The molecule has 1 aromatic heterocycles. The number of methoxy groups -OCH3 is 4. The van der Waals surface area contributed by atoms with Crippen molar-refractivity contribution in [1.82, 2.24) is 0 Å². The zero-order valence-electron chi connectivity index (χ0n) is 19.9. The standard InChI is InChI=1S/C24H22Cl2N2O7S/c1-11-18(24(31)35-5)23(36-20(11)22(30)27-15-10-13(25)6-7-14(15)26)28-21(29)12-8-16(32-2)19(34-4)17(9-12)33-3/h6-10H,1-5H3,(H,27,30)(H,28,29). The molecule has 12 heteroatoms. The summed E-state index contributed by atoms with van der Waals surface area (Å²) in [4.78, 5) is 38.9. The number of halogens is 2. The molecule has 0 atom stereocenters. The van der Waals surface area contributed by atoms with Crippen LogP contribution in [-0.4, -0.2) is 46.2 Å². The summed E-state index contributed by atoms with van der Waals surface area (Å²) in [6.07, 6.45) is 0. The molecule has 2 amide bonds. The van der Waals surface area contributed by atoms with Gasteiger partial charge in [-0.1, -0.05) is 23.2 Å². The largest absolute Gasteiger partial charge is 0.493 e. The predicted octanol–water partition coefficient (Wildman–Crippen LogP) is 5.68. The first kappa shape index (κ1) is 27.1. The van der Waals surface area contributed by atoms with Gasteiger partial charge in [-0.05, 0) is 42.8 Å². The van der Waals surface area contributed by atoms with Gasteiger partial charge < -0.3 is 29.6 Å². The predicted molar refractivity (Wildman–Crippen MR) is 139 cm³/mol. The maximum absolute atomic E-state index is 13.1. The first-order chi connectivity index (χ1) is 17.1. The highest BCUT2D eigenvalue weighted by atomic mass is 35.5. The molecule has 9 nitrogen and oxygen atoms in total. The summed E-state index contributed by atoms with van der Waals surface area (Å²) < 4.78 is 20.8. The third-order valence-corrected chi connectivity index (χ3v) is 6.84. The molecule has 0 saturated carbocycles. The second-order valence-corrected chi connectivity index (χ2v) is 9.06. The average molecular weight is 553 g/mol. The molecule has 0 aliphatic heterocycles. The van der Waals surface area contributed by atoms with Crippen molar-refractivity contribution < 1.29 is 33.3 Å². The van der Waals surface area contributed by atoms with Crippen LogP contribution in [0, 0.1) is 6.92 Å². The molecular formula is C24H22Cl2N2O7S. The first-order valence-electron chi connectivity index (χ1n) is 10.2. The monoisotopic (exact) mass is 552 g/mol. The second kappa shape index (κ2) is 11.5. The van der Waals surface area contributed by atoms with Gasteiger partial charge in [0.05, 0.1) is 49.6 Å². The number of amides is 2. The van der Waals surface area contributed by atoms with Gasteiger partial charge in [0.25, 0.3) is 11.8 Å². The summed E-state index contributed by atoms with van der Waals surface area (Å²) in [5, 5.41) is 6.15. The molecule has 1 heterocycles. The zero-order valence-corrected chi connectivity index (χ0v) is 22.2. The lowest BCUT2D eigenvalue weighted by molar-refractivity contribution is 0.0601. The van der Waals surface area contributed by atoms with Crippen LogP contribution in [0.1, 0.15) is 36.0 Å². The van der Waals surface area contributed by atoms with E-state index in [0.717, 1.165) is 11.3 Å². The number of anilines is 2. The molecule has 0 fully saturated rings. The van der Waals surface area contributed by atoms with Crippen LogP contribution in [0.15, 0.2) is 30.3 Å². The fourth-order valence-corrected chi connectivity index (χ4v) is 4.75. The van der Waals surface area contributed by atoms with Gasteiger partial charge in [-0.3, -0.25) is 9.59 Å². The average Bonchev–Trinajstić information content (AvgIpc) is 3.20. The zero-order chi connectivity index (χ0) is 26.6. The van der Waals surface area contributed by atoms with Crippen molar-refractivity contribution in [3.63, 3.8) is 0 Å². The van der Waals surface area contributed by atoms with Gasteiger partial charge in [0.2, 0.25) is 5.75 Å². The normalized spacial score (nSPS) is 10.4. The van der Waals surface area contributed by atoms with E-state index < -0.39 is 17.8 Å². The Morgan fingerprint density at radius 1 is 0.861 bits per heavy atom. The van der Waals surface area contributed by atoms with E-state index in [0.29, 0.717) is 22.0 Å². The molecule has 0 radical (unpaired) electrons. The van der Waals surface area contributed by atoms with E-state index in [2.05, 4.69) is 10.6 Å². The lowest BCUT2D eigenvalue weighted by Crippen LogP contribution is -2.15. The number of rotatable bonds is 8. The quantitative estimate of drug-likeness (QED) is 0.345. The smallest absolute Gasteiger partial charge is 0.341 e. The molecule has 36 heavy (non-hydrogen) atoms. The molecule has 0 unspecified atom stereocenters. The van der Waals surface area contributed by atoms with Gasteiger partial charge in [-0.2, -0.15) is 0 Å². The Kier molecular flexibility index (Phi) is 8.67. The summed E-state index contributed by atoms with van der Waals surface area (Å²) in [6.45, 7) is 1.58. The van der Waals surface area contributed by atoms with E-state index in [1.54, 1.807) is 19.1 Å². The maximum atomic E-state index is 13.1. The third kappa shape index (κ3) is 5.51. The lowest BCUT2D eigenvalue weighted by atomic mass is 10.1. The number of nitrogens with one attached hydrogen (secondary N) is 2. The van der Waals surface area contributed by atoms with Crippen molar-refractivity contribution in [2.45, 2.75) is 6.92 Å². The molecule has 2 N–H and O–H groups in total. The van der Waals surface area contributed by atoms with Crippen molar-refractivity contribution in [2.75, 3.05) is 39.1 Å². The van der Waals surface area contributed by atoms with Crippen LogP contribution in [0.25, 0.3) is 0 Å². The highest BCUT2D eigenvalue weighted by molar-refractivity contribution is 7.19. The van der Waals surface area contributed by atoms with Gasteiger partial charge in [0.1, 0.15) is 5.00 Å². The molecule has 0 bridgehead atoms. The number of esters is 1. The van der Waals surface area contributed by atoms with Gasteiger partial charge in [0.15, 0.2) is 11.5 Å². The van der Waals surface area contributed by atoms with Crippen molar-refractivity contribution in [2.24, 2.45) is 0 Å². The van der Waals surface area contributed by atoms with Crippen LogP contribution < -0.4 is 24.8 Å². The number of benzene rings is 2. The summed E-state index contributed by atoms with van der Waals surface area (Å²) in [7, 11) is 5.50. The summed E-state index contributed by atoms with van der Waals surface area (Å²) in [5.74, 6) is -0.973. The van der Waals surface area contributed by atoms with E-state index in [9.17, 15) is 14.4 Å². The Bertz CT molecular complexity index is 1320. The Morgan fingerprint density at radius 3 is 2.06 bits per heavy atom. The van der Waals surface area contributed by atoms with E-state index in [1.165, 1.54) is 46.6 Å².